The molecule has 106 valence electrons. The molecule has 1 aromatic heterocycles. The smallest absolute Gasteiger partial charge is 0.295 e. The summed E-state index contributed by atoms with van der Waals surface area (Å²) >= 11 is 3.42. The van der Waals surface area contributed by atoms with Gasteiger partial charge >= 0.3 is 0 Å². The minimum Gasteiger partial charge on any atom is -0.392 e. The van der Waals surface area contributed by atoms with E-state index in [1.807, 2.05) is 61.6 Å². The van der Waals surface area contributed by atoms with Crippen LogP contribution in [-0.4, -0.2) is 9.36 Å². The highest BCUT2D eigenvalue weighted by Gasteiger charge is 2.17. The van der Waals surface area contributed by atoms with Gasteiger partial charge in [-0.15, -0.1) is 0 Å². The minimum absolute atomic E-state index is 0.213. The van der Waals surface area contributed by atoms with Gasteiger partial charge in [0, 0.05) is 17.1 Å². The summed E-state index contributed by atoms with van der Waals surface area (Å²) in [6.45, 7) is 0. The van der Waals surface area contributed by atoms with Crippen LogP contribution in [0.2, 0.25) is 0 Å². The van der Waals surface area contributed by atoms with E-state index in [9.17, 15) is 4.79 Å². The second kappa shape index (κ2) is 5.26. The highest BCUT2D eigenvalue weighted by atomic mass is 79.9. The van der Waals surface area contributed by atoms with Crippen LogP contribution in [-0.2, 0) is 7.05 Å². The van der Waals surface area contributed by atoms with Crippen molar-refractivity contribution in [3.05, 3.63) is 69.4 Å². The third kappa shape index (κ3) is 2.29. The predicted octanol–water partition coefficient (Wildman–Crippen LogP) is 3.19. The van der Waals surface area contributed by atoms with Crippen molar-refractivity contribution in [2.45, 2.75) is 0 Å². The largest absolute Gasteiger partial charge is 0.392 e. The summed E-state index contributed by atoms with van der Waals surface area (Å²) in [4.78, 5) is 12.5. The molecule has 3 rings (SSSR count). The van der Waals surface area contributed by atoms with Crippen molar-refractivity contribution >= 4 is 21.6 Å². The molecule has 0 fully saturated rings. The lowest BCUT2D eigenvalue weighted by Crippen LogP contribution is -2.20. The number of nitrogen functional groups attached to an aromatic ring is 1. The second-order valence-corrected chi connectivity index (χ2v) is 5.66. The van der Waals surface area contributed by atoms with Crippen molar-refractivity contribution in [2.24, 2.45) is 7.05 Å². The van der Waals surface area contributed by atoms with Gasteiger partial charge in [0.25, 0.3) is 5.56 Å². The molecule has 5 heteroatoms. The maximum Gasteiger partial charge on any atom is 0.295 e. The van der Waals surface area contributed by atoms with Crippen molar-refractivity contribution in [3.8, 4) is 16.9 Å². The Kier molecular flexibility index (Phi) is 3.43. The van der Waals surface area contributed by atoms with Gasteiger partial charge < -0.3 is 5.73 Å². The Morgan fingerprint density at radius 1 is 1.05 bits per heavy atom. The molecule has 0 saturated heterocycles. The molecule has 2 aromatic carbocycles. The van der Waals surface area contributed by atoms with E-state index >= 15 is 0 Å². The van der Waals surface area contributed by atoms with Gasteiger partial charge in [-0.2, -0.15) is 0 Å². The number of anilines is 1. The maximum atomic E-state index is 12.5. The number of aromatic nitrogens is 2. The van der Waals surface area contributed by atoms with Crippen LogP contribution >= 0.6 is 15.9 Å². The summed E-state index contributed by atoms with van der Waals surface area (Å²) < 4.78 is 4.27. The summed E-state index contributed by atoms with van der Waals surface area (Å²) in [6, 6.07) is 17.2. The van der Waals surface area contributed by atoms with E-state index in [2.05, 4.69) is 15.9 Å². The first-order valence-electron chi connectivity index (χ1n) is 6.48. The minimum atomic E-state index is -0.213. The van der Waals surface area contributed by atoms with Crippen LogP contribution in [0.15, 0.2) is 63.9 Å². The van der Waals surface area contributed by atoms with Crippen LogP contribution in [0.4, 0.5) is 5.69 Å². The summed E-state index contributed by atoms with van der Waals surface area (Å²) in [5.74, 6) is 0. The Bertz CT molecular complexity index is 850. The quantitative estimate of drug-likeness (QED) is 0.776. The van der Waals surface area contributed by atoms with Crippen molar-refractivity contribution in [1.82, 2.24) is 9.36 Å². The fourth-order valence-electron chi connectivity index (χ4n) is 2.46. The Morgan fingerprint density at radius 3 is 2.43 bits per heavy atom. The summed E-state index contributed by atoms with van der Waals surface area (Å²) in [5.41, 5.74) is 8.50. The molecule has 0 radical (unpaired) electrons. The van der Waals surface area contributed by atoms with Gasteiger partial charge in [-0.1, -0.05) is 52.3 Å². The fourth-order valence-corrected chi connectivity index (χ4v) is 2.85. The average Bonchev–Trinajstić information content (AvgIpc) is 2.70. The normalized spacial score (nSPS) is 10.8. The highest BCUT2D eigenvalue weighted by Crippen LogP contribution is 2.25. The molecule has 0 atom stereocenters. The number of nitrogens with zero attached hydrogens (tertiary/aromatic N) is 2. The van der Waals surface area contributed by atoms with Crippen LogP contribution in [0, 0.1) is 0 Å². The lowest BCUT2D eigenvalue weighted by atomic mass is 10.1. The molecule has 0 saturated carbocycles. The molecular weight excluding hydrogens is 330 g/mol. The topological polar surface area (TPSA) is 52.9 Å². The van der Waals surface area contributed by atoms with Crippen LogP contribution < -0.4 is 11.3 Å². The number of rotatable bonds is 2. The second-order valence-electron chi connectivity index (χ2n) is 4.75. The zero-order valence-electron chi connectivity index (χ0n) is 11.5. The molecule has 2 N–H and O–H groups in total. The third-order valence-electron chi connectivity index (χ3n) is 3.40. The first-order chi connectivity index (χ1) is 10.1. The predicted molar refractivity (Wildman–Crippen MR) is 88.6 cm³/mol. The van der Waals surface area contributed by atoms with Crippen molar-refractivity contribution in [3.63, 3.8) is 0 Å². The number of nitrogens with two attached hydrogens (primary N) is 1. The van der Waals surface area contributed by atoms with Crippen molar-refractivity contribution in [2.75, 3.05) is 5.73 Å². The van der Waals surface area contributed by atoms with E-state index in [0.29, 0.717) is 0 Å². The number of hydrogen-bond acceptors (Lipinski definition) is 2. The molecule has 1 heterocycles. The molecule has 0 aliphatic heterocycles. The molecule has 21 heavy (non-hydrogen) atoms. The van der Waals surface area contributed by atoms with E-state index in [4.69, 9.17) is 5.73 Å². The van der Waals surface area contributed by atoms with Crippen LogP contribution in [0.1, 0.15) is 0 Å². The monoisotopic (exact) mass is 343 g/mol. The average molecular weight is 344 g/mol. The molecular formula is C16H14BrN3O. The molecule has 3 aromatic rings. The fraction of sp³-hybridized carbons (Fsp3) is 0.0625. The van der Waals surface area contributed by atoms with Gasteiger partial charge in [0.05, 0.1) is 11.4 Å². The Labute approximate surface area is 130 Å². The van der Waals surface area contributed by atoms with Gasteiger partial charge in [-0.05, 0) is 18.2 Å². The number of benzene rings is 2. The molecule has 0 unspecified atom stereocenters. The highest BCUT2D eigenvalue weighted by molar-refractivity contribution is 9.10. The SMILES string of the molecule is Cn1c(-c2ccccc2)c(N)c(=O)n1-c1cccc(Br)c1. The first-order valence-corrected chi connectivity index (χ1v) is 7.27. The summed E-state index contributed by atoms with van der Waals surface area (Å²) in [7, 11) is 1.83. The van der Waals surface area contributed by atoms with E-state index in [-0.39, 0.29) is 11.2 Å². The zero-order chi connectivity index (χ0) is 15.0. The number of hydrogen-bond donors (Lipinski definition) is 1. The molecule has 0 spiro atoms. The van der Waals surface area contributed by atoms with E-state index in [0.717, 1.165) is 21.4 Å². The molecule has 4 nitrogen and oxygen atoms in total. The van der Waals surface area contributed by atoms with Gasteiger partial charge in [0.2, 0.25) is 0 Å². The molecule has 0 amide bonds. The van der Waals surface area contributed by atoms with Gasteiger partial charge in [0.1, 0.15) is 5.69 Å². The first kappa shape index (κ1) is 13.7. The molecule has 0 aliphatic carbocycles. The van der Waals surface area contributed by atoms with Crippen LogP contribution in [0.5, 0.6) is 0 Å². The molecule has 0 bridgehead atoms. The van der Waals surface area contributed by atoms with Crippen molar-refractivity contribution < 1.29 is 0 Å². The van der Waals surface area contributed by atoms with Crippen molar-refractivity contribution in [1.29, 1.82) is 0 Å². The van der Waals surface area contributed by atoms with Gasteiger partial charge in [0.15, 0.2) is 0 Å². The van der Waals surface area contributed by atoms with Crippen LogP contribution in [0.25, 0.3) is 16.9 Å². The maximum absolute atomic E-state index is 12.5. The standard InChI is InChI=1S/C16H14BrN3O/c1-19-15(11-6-3-2-4-7-11)14(18)16(21)20(19)13-9-5-8-12(17)10-13/h2-10H,18H2,1H3. The third-order valence-corrected chi connectivity index (χ3v) is 3.89. The van der Waals surface area contributed by atoms with E-state index in [1.54, 1.807) is 9.36 Å². The lowest BCUT2D eigenvalue weighted by molar-refractivity contribution is 0.652. The Morgan fingerprint density at radius 2 is 1.76 bits per heavy atom. The van der Waals surface area contributed by atoms with Crippen LogP contribution in [0.3, 0.4) is 0 Å². The van der Waals surface area contributed by atoms with Gasteiger partial charge in [-0.25, -0.2) is 4.68 Å². The summed E-state index contributed by atoms with van der Waals surface area (Å²) in [5, 5.41) is 0. The van der Waals surface area contributed by atoms with E-state index in [1.165, 1.54) is 0 Å². The molecule has 0 aliphatic rings. The van der Waals surface area contributed by atoms with E-state index < -0.39 is 0 Å². The number of halogens is 1. The Hall–Kier alpha value is -2.27. The zero-order valence-corrected chi connectivity index (χ0v) is 13.0. The van der Waals surface area contributed by atoms with Gasteiger partial charge in [-0.3, -0.25) is 9.48 Å². The Balaban J connectivity index is 2.28. The summed E-state index contributed by atoms with van der Waals surface area (Å²) in [6.07, 6.45) is 0. The lowest BCUT2D eigenvalue weighted by Gasteiger charge is -2.10.